The van der Waals surface area contributed by atoms with Gasteiger partial charge in [-0.2, -0.15) is 0 Å². The molecule has 0 aliphatic carbocycles. The number of aliphatic hydroxyl groups is 1. The Morgan fingerprint density at radius 3 is 2.02 bits per heavy atom. The number of allylic oxidation sites excluding steroid dienone is 8. The summed E-state index contributed by atoms with van der Waals surface area (Å²) in [6.07, 6.45) is 21.5. The molecule has 318 valence electrons. The number of carboxylic acid groups (broad SMARTS) is 2. The van der Waals surface area contributed by atoms with Crippen LogP contribution >= 0.6 is 0 Å². The van der Waals surface area contributed by atoms with Crippen LogP contribution in [-0.2, 0) is 37.9 Å². The molecule has 5 heterocycles. The van der Waals surface area contributed by atoms with Gasteiger partial charge in [0.2, 0.25) is 0 Å². The van der Waals surface area contributed by atoms with E-state index in [0.29, 0.717) is 57.3 Å². The maximum absolute atomic E-state index is 12.8. The minimum absolute atomic E-state index is 0. The van der Waals surface area contributed by atoms with E-state index in [1.807, 2.05) is 45.1 Å². The van der Waals surface area contributed by atoms with E-state index in [1.54, 1.807) is 6.08 Å². The predicted octanol–water partition coefficient (Wildman–Crippen LogP) is 7.23. The Morgan fingerprint density at radius 2 is 1.38 bits per heavy atom. The third kappa shape index (κ3) is 11.6. The van der Waals surface area contributed by atoms with Gasteiger partial charge in [-0.3, -0.25) is 14.4 Å². The van der Waals surface area contributed by atoms with Gasteiger partial charge in [0.05, 0.1) is 18.2 Å². The Hall–Kier alpha value is -5.09. The minimum Gasteiger partial charge on any atom is -0.658 e. The van der Waals surface area contributed by atoms with E-state index in [0.717, 1.165) is 65.5 Å². The number of carboxylic acids is 2. The Kier molecular flexibility index (Phi) is 17.0. The molecule has 5 rings (SSSR count). The summed E-state index contributed by atoms with van der Waals surface area (Å²) in [5.41, 5.74) is 12.5. The van der Waals surface area contributed by atoms with E-state index in [4.69, 9.17) is 9.97 Å². The van der Waals surface area contributed by atoms with Crippen molar-refractivity contribution in [1.82, 2.24) is 20.6 Å². The van der Waals surface area contributed by atoms with Crippen molar-refractivity contribution in [3.05, 3.63) is 126 Å². The van der Waals surface area contributed by atoms with Crippen molar-refractivity contribution in [2.24, 2.45) is 0 Å². The smallest absolute Gasteiger partial charge is 0.658 e. The summed E-state index contributed by atoms with van der Waals surface area (Å²) < 4.78 is 0. The van der Waals surface area contributed by atoms with Crippen molar-refractivity contribution in [2.45, 2.75) is 131 Å². The van der Waals surface area contributed by atoms with Gasteiger partial charge in [-0.1, -0.05) is 88.6 Å². The molecule has 8 bridgehead atoms. The third-order valence-corrected chi connectivity index (χ3v) is 11.6. The molecule has 0 spiro atoms. The fourth-order valence-corrected chi connectivity index (χ4v) is 8.22. The second-order valence-corrected chi connectivity index (χ2v) is 16.3. The number of carbonyl (C=O) groups excluding carboxylic acids is 1. The van der Waals surface area contributed by atoms with Crippen molar-refractivity contribution >= 4 is 42.5 Å². The molecule has 3 unspecified atom stereocenters. The van der Waals surface area contributed by atoms with Crippen molar-refractivity contribution in [1.29, 1.82) is 0 Å². The molecule has 0 aromatic carbocycles. The summed E-state index contributed by atoms with van der Waals surface area (Å²) in [6.45, 7) is 18.6. The number of fused-ring (bicyclic) bond motifs is 8. The number of nitrogens with zero attached hydrogens (tertiary/aromatic N) is 2. The molecule has 3 aliphatic rings. The molecule has 5 N–H and O–H groups in total. The zero-order chi connectivity index (χ0) is 43.0. The summed E-state index contributed by atoms with van der Waals surface area (Å²) in [4.78, 5) is 46.4. The normalized spacial score (nSPS) is 18.0. The molecule has 3 aliphatic heterocycles. The van der Waals surface area contributed by atoms with Crippen LogP contribution < -0.4 is 31.3 Å². The first-order valence-corrected chi connectivity index (χ1v) is 20.7. The van der Waals surface area contributed by atoms with Gasteiger partial charge in [0.15, 0.2) is 6.29 Å². The first-order chi connectivity index (χ1) is 28.1. The molecule has 0 saturated carbocycles. The zero-order valence-electron chi connectivity index (χ0n) is 36.0. The Labute approximate surface area is 365 Å². The maximum Gasteiger partial charge on any atom is 4.00 e. The minimum atomic E-state index is -0.991. The van der Waals surface area contributed by atoms with Gasteiger partial charge in [0.1, 0.15) is 0 Å². The average Bonchev–Trinajstić information content (AvgIpc) is 3.85. The van der Waals surface area contributed by atoms with Gasteiger partial charge in [-0.05, 0) is 122 Å². The molecule has 11 heteroatoms. The number of hydrogen-bond acceptors (Lipinski definition) is 6. The van der Waals surface area contributed by atoms with Gasteiger partial charge >= 0.3 is 29.0 Å². The van der Waals surface area contributed by atoms with Crippen LogP contribution in [0.5, 0.6) is 0 Å². The predicted molar refractivity (Wildman–Crippen MR) is 235 cm³/mol. The number of hydrogen-bond donors (Lipinski definition) is 5. The summed E-state index contributed by atoms with van der Waals surface area (Å²) in [5.74, 6) is -1.92. The summed E-state index contributed by atoms with van der Waals surface area (Å²) in [6, 6.07) is -0.879. The number of aliphatic carboxylic acids is 2. The van der Waals surface area contributed by atoms with E-state index in [-0.39, 0.29) is 48.8 Å². The van der Waals surface area contributed by atoms with E-state index in [9.17, 15) is 29.7 Å². The SMILES string of the molecule is C=CC1=C(C)C2=Cc3[n-]c(c(C)c3C(O)CCC=C(C)CCC=C(C)CCC=C(C)C)C=C3NC(C=c4[n-]c(c(C)c4CCC(=O)O)=CC1N2)C(CCC(=O)O)=C3C=O.[Fe+4]. The number of nitrogens with one attached hydrogen (secondary N) is 2. The number of aliphatic hydroxyl groups excluding tert-OH is 1. The van der Waals surface area contributed by atoms with Crippen LogP contribution in [0.1, 0.15) is 132 Å². The Balaban J connectivity index is 0.00000794. The van der Waals surface area contributed by atoms with Gasteiger partial charge in [0.25, 0.3) is 0 Å². The molecule has 3 atom stereocenters. The van der Waals surface area contributed by atoms with Crippen LogP contribution in [0.25, 0.3) is 24.3 Å². The monoisotopic (exact) mass is 856 g/mol. The quantitative estimate of drug-likeness (QED) is 0.0588. The fraction of sp³-hybridized carbons (Fsp3) is 0.408. The molecule has 60 heavy (non-hydrogen) atoms. The molecule has 10 nitrogen and oxygen atoms in total. The van der Waals surface area contributed by atoms with Crippen LogP contribution in [0.15, 0.2) is 81.3 Å². The molecular weight excluding hydrogens is 796 g/mol. The van der Waals surface area contributed by atoms with E-state index in [1.165, 1.54) is 16.7 Å². The standard InChI is InChI=1S/C49H60N4O6.Fe/c1-9-34-31(6)39-25-45-49(46(55)18-12-17-30(5)16-11-15-29(4)14-10-13-28(2)3)33(8)40(52-45)24-44-37(27-54)36(20-22-48(58)59)43(53-44)26-42-35(19-21-47(56)57)32(7)38(51-42)23-41(34)50-39;/h9,13,15,17,23-27,41,43,46,50,53,55H,1,10-12,14,16,18-22H2,2-8H3,(H,56,57)(H,58,59);/q-2;+4. The second kappa shape index (κ2) is 21.4. The average molecular weight is 857 g/mol. The summed E-state index contributed by atoms with van der Waals surface area (Å²) in [5, 5.41) is 39.4. The van der Waals surface area contributed by atoms with E-state index >= 15 is 0 Å². The molecule has 2 aromatic heterocycles. The first-order valence-electron chi connectivity index (χ1n) is 20.7. The third-order valence-electron chi connectivity index (χ3n) is 11.6. The number of aromatic nitrogens is 2. The van der Waals surface area contributed by atoms with Crippen LogP contribution in [0.3, 0.4) is 0 Å². The van der Waals surface area contributed by atoms with Crippen LogP contribution in [0.2, 0.25) is 0 Å². The Morgan fingerprint density at radius 1 is 0.783 bits per heavy atom. The number of rotatable bonds is 18. The molecule has 0 radical (unpaired) electrons. The summed E-state index contributed by atoms with van der Waals surface area (Å²) in [7, 11) is 0. The van der Waals surface area contributed by atoms with Crippen molar-refractivity contribution < 1.29 is 46.8 Å². The largest absolute Gasteiger partial charge is 4.00 e. The van der Waals surface area contributed by atoms with Crippen LogP contribution in [-0.4, -0.2) is 45.6 Å². The molecule has 0 saturated heterocycles. The van der Waals surface area contributed by atoms with E-state index < -0.39 is 24.1 Å². The number of carbonyl (C=O) groups is 3. The van der Waals surface area contributed by atoms with E-state index in [2.05, 4.69) is 63.1 Å². The van der Waals surface area contributed by atoms with Crippen molar-refractivity contribution in [3.63, 3.8) is 0 Å². The first kappa shape index (κ1) is 47.6. The molecule has 2 aromatic rings. The van der Waals surface area contributed by atoms with Crippen molar-refractivity contribution in [2.75, 3.05) is 0 Å². The van der Waals surface area contributed by atoms with Crippen LogP contribution in [0, 0.1) is 13.8 Å². The molecule has 0 amide bonds. The van der Waals surface area contributed by atoms with Gasteiger partial charge in [0, 0.05) is 29.8 Å². The van der Waals surface area contributed by atoms with Gasteiger partial charge < -0.3 is 35.9 Å². The van der Waals surface area contributed by atoms with Crippen LogP contribution in [0.4, 0.5) is 0 Å². The number of aldehydes is 1. The topological polar surface area (TPSA) is 164 Å². The Bertz CT molecular complexity index is 2340. The van der Waals surface area contributed by atoms with Crippen molar-refractivity contribution in [3.8, 4) is 0 Å². The maximum atomic E-state index is 12.8. The van der Waals surface area contributed by atoms with Gasteiger partial charge in [-0.15, -0.1) is 22.1 Å². The molecule has 0 fully saturated rings. The van der Waals surface area contributed by atoms with Gasteiger partial charge in [-0.25, -0.2) is 0 Å². The molecular formula is C49H60FeN4O6+2. The second-order valence-electron chi connectivity index (χ2n) is 16.3. The zero-order valence-corrected chi connectivity index (χ0v) is 37.1. The summed E-state index contributed by atoms with van der Waals surface area (Å²) >= 11 is 0. The fourth-order valence-electron chi connectivity index (χ4n) is 8.22.